The van der Waals surface area contributed by atoms with Crippen LogP contribution in [0, 0.1) is 0 Å². The van der Waals surface area contributed by atoms with Gasteiger partial charge in [-0.15, -0.1) is 0 Å². The van der Waals surface area contributed by atoms with Gasteiger partial charge in [0, 0.05) is 17.1 Å². The van der Waals surface area contributed by atoms with Crippen LogP contribution in [0.25, 0.3) is 0 Å². The summed E-state index contributed by atoms with van der Waals surface area (Å²) >= 11 is 3.36. The number of rotatable bonds is 7. The summed E-state index contributed by atoms with van der Waals surface area (Å²) in [6.07, 6.45) is 1.47. The summed E-state index contributed by atoms with van der Waals surface area (Å²) < 4.78 is 11.1. The zero-order valence-corrected chi connectivity index (χ0v) is 15.9. The highest BCUT2D eigenvalue weighted by Gasteiger charge is 2.07. The minimum Gasteiger partial charge on any atom is -0.493 e. The van der Waals surface area contributed by atoms with Crippen molar-refractivity contribution in [2.45, 2.75) is 6.92 Å². The molecule has 136 valence electrons. The summed E-state index contributed by atoms with van der Waals surface area (Å²) in [6, 6.07) is 12.4. The first-order valence-electron chi connectivity index (χ1n) is 7.65. The summed E-state index contributed by atoms with van der Waals surface area (Å²) in [5.41, 5.74) is 3.93. The molecule has 2 aromatic rings. The Hall–Kier alpha value is -2.87. The zero-order valence-electron chi connectivity index (χ0n) is 14.3. The van der Waals surface area contributed by atoms with Gasteiger partial charge in [0.2, 0.25) is 0 Å². The number of anilines is 1. The number of esters is 1. The molecule has 0 aliphatic heterocycles. The fourth-order valence-electron chi connectivity index (χ4n) is 2.00. The third-order valence-electron chi connectivity index (χ3n) is 3.12. The average molecular weight is 420 g/mol. The standard InChI is InChI=1S/C18H18BrN3O4/c1-12(23)26-16-7-6-13(8-17(16)25-2)10-21-22-18(24)11-20-15-5-3-4-14(19)9-15/h3-10,20H,11H2,1-2H3,(H,22,24)/b21-10-. The van der Waals surface area contributed by atoms with E-state index >= 15 is 0 Å². The fraction of sp³-hybridized carbons (Fsp3) is 0.167. The van der Waals surface area contributed by atoms with Crippen molar-refractivity contribution in [3.05, 3.63) is 52.5 Å². The number of nitrogens with one attached hydrogen (secondary N) is 2. The lowest BCUT2D eigenvalue weighted by Crippen LogP contribution is -2.25. The molecule has 0 saturated carbocycles. The van der Waals surface area contributed by atoms with E-state index in [9.17, 15) is 9.59 Å². The minimum atomic E-state index is -0.435. The quantitative estimate of drug-likeness (QED) is 0.311. The predicted octanol–water partition coefficient (Wildman–Crippen LogP) is 2.95. The van der Waals surface area contributed by atoms with E-state index in [0.717, 1.165) is 10.2 Å². The van der Waals surface area contributed by atoms with E-state index < -0.39 is 5.97 Å². The third-order valence-corrected chi connectivity index (χ3v) is 3.62. The number of hydrogen-bond donors (Lipinski definition) is 2. The Bertz CT molecular complexity index is 824. The van der Waals surface area contributed by atoms with Gasteiger partial charge in [0.15, 0.2) is 11.5 Å². The van der Waals surface area contributed by atoms with E-state index in [-0.39, 0.29) is 12.5 Å². The Kier molecular flexibility index (Phi) is 7.16. The molecule has 0 atom stereocenters. The van der Waals surface area contributed by atoms with Crippen molar-refractivity contribution >= 4 is 39.7 Å². The molecule has 0 saturated heterocycles. The molecule has 7 nitrogen and oxygen atoms in total. The highest BCUT2D eigenvalue weighted by molar-refractivity contribution is 9.10. The van der Waals surface area contributed by atoms with Crippen molar-refractivity contribution in [2.24, 2.45) is 5.10 Å². The molecule has 1 amide bonds. The normalized spacial score (nSPS) is 10.4. The zero-order chi connectivity index (χ0) is 18.9. The number of carbonyl (C=O) groups excluding carboxylic acids is 2. The maximum Gasteiger partial charge on any atom is 0.308 e. The van der Waals surface area contributed by atoms with Crippen LogP contribution in [0.15, 0.2) is 52.0 Å². The lowest BCUT2D eigenvalue weighted by Gasteiger charge is -2.08. The van der Waals surface area contributed by atoms with Crippen LogP contribution in [0.2, 0.25) is 0 Å². The van der Waals surface area contributed by atoms with Gasteiger partial charge < -0.3 is 14.8 Å². The highest BCUT2D eigenvalue weighted by atomic mass is 79.9. The number of carbonyl (C=O) groups is 2. The SMILES string of the molecule is COc1cc(/C=N\NC(=O)CNc2cccc(Br)c2)ccc1OC(C)=O. The van der Waals surface area contributed by atoms with Gasteiger partial charge in [-0.1, -0.05) is 22.0 Å². The Morgan fingerprint density at radius 2 is 2.00 bits per heavy atom. The van der Waals surface area contributed by atoms with E-state index in [1.165, 1.54) is 20.2 Å². The molecule has 0 bridgehead atoms. The van der Waals surface area contributed by atoms with Crippen LogP contribution in [0.1, 0.15) is 12.5 Å². The summed E-state index contributed by atoms with van der Waals surface area (Å²) in [5.74, 6) is -0.00847. The molecule has 0 aliphatic rings. The van der Waals surface area contributed by atoms with Gasteiger partial charge >= 0.3 is 5.97 Å². The number of hydrogen-bond acceptors (Lipinski definition) is 6. The molecular formula is C18H18BrN3O4. The number of ether oxygens (including phenoxy) is 2. The van der Waals surface area contributed by atoms with Gasteiger partial charge in [0.05, 0.1) is 19.9 Å². The smallest absolute Gasteiger partial charge is 0.308 e. The van der Waals surface area contributed by atoms with Crippen LogP contribution >= 0.6 is 15.9 Å². The molecular weight excluding hydrogens is 402 g/mol. The number of methoxy groups -OCH3 is 1. The molecule has 0 radical (unpaired) electrons. The maximum absolute atomic E-state index is 11.8. The first-order valence-corrected chi connectivity index (χ1v) is 8.45. The van der Waals surface area contributed by atoms with Crippen LogP contribution in [0.3, 0.4) is 0 Å². The van der Waals surface area contributed by atoms with Gasteiger partial charge in [-0.25, -0.2) is 5.43 Å². The van der Waals surface area contributed by atoms with Gasteiger partial charge in [-0.2, -0.15) is 5.10 Å². The molecule has 8 heteroatoms. The molecule has 26 heavy (non-hydrogen) atoms. The lowest BCUT2D eigenvalue weighted by molar-refractivity contribution is -0.132. The number of benzene rings is 2. The molecule has 0 fully saturated rings. The topological polar surface area (TPSA) is 89.0 Å². The van der Waals surface area contributed by atoms with E-state index in [2.05, 4.69) is 31.8 Å². The third kappa shape index (κ3) is 6.21. The number of halogens is 1. The fourth-order valence-corrected chi connectivity index (χ4v) is 2.40. The number of amides is 1. The maximum atomic E-state index is 11.8. The van der Waals surface area contributed by atoms with Crippen molar-refractivity contribution in [2.75, 3.05) is 19.0 Å². The van der Waals surface area contributed by atoms with Crippen LogP contribution < -0.4 is 20.2 Å². The van der Waals surface area contributed by atoms with Gasteiger partial charge in [-0.05, 0) is 42.0 Å². The second-order valence-corrected chi connectivity index (χ2v) is 6.08. The Morgan fingerprint density at radius 3 is 2.69 bits per heavy atom. The molecule has 0 aromatic heterocycles. The first kappa shape index (κ1) is 19.5. The van der Waals surface area contributed by atoms with Crippen LogP contribution in [0.4, 0.5) is 5.69 Å². The monoisotopic (exact) mass is 419 g/mol. The van der Waals surface area contributed by atoms with Gasteiger partial charge in [0.1, 0.15) is 0 Å². The van der Waals surface area contributed by atoms with Crippen molar-refractivity contribution in [1.82, 2.24) is 5.43 Å². The van der Waals surface area contributed by atoms with Gasteiger partial charge in [-0.3, -0.25) is 9.59 Å². The molecule has 2 rings (SSSR count). The van der Waals surface area contributed by atoms with Crippen molar-refractivity contribution < 1.29 is 19.1 Å². The summed E-state index contributed by atoms with van der Waals surface area (Å²) in [7, 11) is 1.47. The molecule has 0 unspecified atom stereocenters. The van der Waals surface area contributed by atoms with E-state index in [1.807, 2.05) is 24.3 Å². The molecule has 0 heterocycles. The largest absolute Gasteiger partial charge is 0.493 e. The Labute approximate surface area is 159 Å². The number of hydrazone groups is 1. The molecule has 2 aromatic carbocycles. The van der Waals surface area contributed by atoms with Crippen molar-refractivity contribution in [3.8, 4) is 11.5 Å². The van der Waals surface area contributed by atoms with Crippen LogP contribution in [-0.2, 0) is 9.59 Å². The second kappa shape index (κ2) is 9.57. The molecule has 2 N–H and O–H groups in total. The van der Waals surface area contributed by atoms with Gasteiger partial charge in [0.25, 0.3) is 5.91 Å². The first-order chi connectivity index (χ1) is 12.5. The predicted molar refractivity (Wildman–Crippen MR) is 103 cm³/mol. The highest BCUT2D eigenvalue weighted by Crippen LogP contribution is 2.27. The summed E-state index contributed by atoms with van der Waals surface area (Å²) in [4.78, 5) is 22.8. The van der Waals surface area contributed by atoms with E-state index in [4.69, 9.17) is 9.47 Å². The van der Waals surface area contributed by atoms with E-state index in [0.29, 0.717) is 17.1 Å². The minimum absolute atomic E-state index is 0.0858. The van der Waals surface area contributed by atoms with Crippen molar-refractivity contribution in [1.29, 1.82) is 0 Å². The second-order valence-electron chi connectivity index (χ2n) is 5.16. The summed E-state index contributed by atoms with van der Waals surface area (Å²) in [6.45, 7) is 1.40. The molecule has 0 aliphatic carbocycles. The average Bonchev–Trinajstić information content (AvgIpc) is 2.61. The lowest BCUT2D eigenvalue weighted by atomic mass is 10.2. The van der Waals surface area contributed by atoms with E-state index in [1.54, 1.807) is 18.2 Å². The summed E-state index contributed by atoms with van der Waals surface area (Å²) in [5, 5.41) is 6.89. The Balaban J connectivity index is 1.89. The van der Waals surface area contributed by atoms with Crippen LogP contribution in [-0.4, -0.2) is 31.7 Å². The van der Waals surface area contributed by atoms with Crippen molar-refractivity contribution in [3.63, 3.8) is 0 Å². The Morgan fingerprint density at radius 1 is 1.19 bits per heavy atom. The van der Waals surface area contributed by atoms with Crippen LogP contribution in [0.5, 0.6) is 11.5 Å². The molecule has 0 spiro atoms. The number of nitrogens with zero attached hydrogens (tertiary/aromatic N) is 1.